The van der Waals surface area contributed by atoms with Crippen LogP contribution in [0.2, 0.25) is 0 Å². The molecule has 0 aliphatic carbocycles. The molecule has 102 valence electrons. The van der Waals surface area contributed by atoms with Gasteiger partial charge >= 0.3 is 0 Å². The fourth-order valence-corrected chi connectivity index (χ4v) is 1.31. The van der Waals surface area contributed by atoms with Gasteiger partial charge in [-0.2, -0.15) is 0 Å². The second-order valence-corrected chi connectivity index (χ2v) is 6.06. The molecular weight excluding hydrogens is 226 g/mol. The molecule has 0 amide bonds. The predicted molar refractivity (Wildman–Crippen MR) is 74.9 cm³/mol. The van der Waals surface area contributed by atoms with Gasteiger partial charge in [0.25, 0.3) is 0 Å². The molecule has 1 rings (SSSR count). The van der Waals surface area contributed by atoms with E-state index < -0.39 is 0 Å². The molecule has 1 aromatic rings. The lowest BCUT2D eigenvalue weighted by molar-refractivity contribution is 0.232. The Morgan fingerprint density at radius 2 is 1.89 bits per heavy atom. The molecule has 0 bridgehead atoms. The molecule has 1 aromatic heterocycles. The number of aromatic nitrogens is 2. The van der Waals surface area contributed by atoms with Crippen LogP contribution in [0.25, 0.3) is 0 Å². The van der Waals surface area contributed by atoms with E-state index in [1.807, 2.05) is 19.9 Å². The fourth-order valence-electron chi connectivity index (χ4n) is 1.31. The molecule has 4 heteroatoms. The Balaban J connectivity index is 2.57. The molecule has 4 nitrogen and oxygen atoms in total. The van der Waals surface area contributed by atoms with Crippen molar-refractivity contribution in [3.8, 4) is 5.88 Å². The molecule has 1 unspecified atom stereocenters. The van der Waals surface area contributed by atoms with Crippen LogP contribution in [0.15, 0.2) is 12.4 Å². The summed E-state index contributed by atoms with van der Waals surface area (Å²) in [5.74, 6) is 1.99. The quantitative estimate of drug-likeness (QED) is 0.871. The van der Waals surface area contributed by atoms with Gasteiger partial charge in [0, 0.05) is 12.6 Å². The molecule has 0 saturated carbocycles. The first-order valence-corrected chi connectivity index (χ1v) is 6.51. The maximum absolute atomic E-state index is 5.54. The predicted octanol–water partition coefficient (Wildman–Crippen LogP) is 3.36. The number of ether oxygens (including phenoxy) is 1. The van der Waals surface area contributed by atoms with Crippen LogP contribution in [0.3, 0.4) is 0 Å². The van der Waals surface area contributed by atoms with Crippen molar-refractivity contribution in [2.45, 2.75) is 47.6 Å². The van der Waals surface area contributed by atoms with Gasteiger partial charge < -0.3 is 10.1 Å². The molecule has 0 aliphatic heterocycles. The summed E-state index contributed by atoms with van der Waals surface area (Å²) in [7, 11) is 0. The topological polar surface area (TPSA) is 47.0 Å². The standard InChI is InChI=1S/C14H25N3O/c1-10(2)18-13-7-12(16-9-17-13)15-8-11(3)14(4,5)6/h7,9-11H,8H2,1-6H3,(H,15,16,17). The zero-order valence-corrected chi connectivity index (χ0v) is 12.3. The molecule has 0 fully saturated rings. The number of hydrogen-bond acceptors (Lipinski definition) is 4. The van der Waals surface area contributed by atoms with Crippen molar-refractivity contribution in [2.75, 3.05) is 11.9 Å². The SMILES string of the molecule is CC(C)Oc1cc(NCC(C)C(C)(C)C)ncn1. The van der Waals surface area contributed by atoms with E-state index in [0.29, 0.717) is 11.8 Å². The summed E-state index contributed by atoms with van der Waals surface area (Å²) in [6, 6.07) is 1.84. The maximum atomic E-state index is 5.54. The second-order valence-electron chi connectivity index (χ2n) is 6.06. The molecule has 1 N–H and O–H groups in total. The minimum atomic E-state index is 0.126. The minimum absolute atomic E-state index is 0.126. The Bertz CT molecular complexity index is 372. The summed E-state index contributed by atoms with van der Waals surface area (Å²) in [4.78, 5) is 8.28. The van der Waals surface area contributed by atoms with E-state index in [0.717, 1.165) is 12.4 Å². The molecule has 1 atom stereocenters. The van der Waals surface area contributed by atoms with Crippen LogP contribution in [0, 0.1) is 11.3 Å². The van der Waals surface area contributed by atoms with Crippen molar-refractivity contribution in [2.24, 2.45) is 11.3 Å². The molecule has 0 saturated heterocycles. The van der Waals surface area contributed by atoms with Gasteiger partial charge in [-0.25, -0.2) is 9.97 Å². The molecule has 0 spiro atoms. The van der Waals surface area contributed by atoms with E-state index in [1.54, 1.807) is 0 Å². The van der Waals surface area contributed by atoms with E-state index >= 15 is 0 Å². The third-order valence-electron chi connectivity index (χ3n) is 3.07. The van der Waals surface area contributed by atoms with Crippen molar-refractivity contribution in [1.82, 2.24) is 9.97 Å². The van der Waals surface area contributed by atoms with Gasteiger partial charge in [0.1, 0.15) is 12.1 Å². The van der Waals surface area contributed by atoms with Gasteiger partial charge in [0.05, 0.1) is 6.10 Å². The van der Waals surface area contributed by atoms with Crippen molar-refractivity contribution in [3.63, 3.8) is 0 Å². The molecule has 18 heavy (non-hydrogen) atoms. The van der Waals surface area contributed by atoms with Crippen LogP contribution in [0.5, 0.6) is 5.88 Å². The summed E-state index contributed by atoms with van der Waals surface area (Å²) in [6.07, 6.45) is 1.66. The zero-order valence-electron chi connectivity index (χ0n) is 12.3. The summed E-state index contributed by atoms with van der Waals surface area (Å²) in [6.45, 7) is 13.8. The molecular formula is C14H25N3O. The highest BCUT2D eigenvalue weighted by atomic mass is 16.5. The van der Waals surface area contributed by atoms with Crippen LogP contribution in [-0.2, 0) is 0 Å². The van der Waals surface area contributed by atoms with Crippen molar-refractivity contribution in [3.05, 3.63) is 12.4 Å². The Hall–Kier alpha value is -1.32. The average molecular weight is 251 g/mol. The first-order valence-electron chi connectivity index (χ1n) is 6.51. The highest BCUT2D eigenvalue weighted by molar-refractivity contribution is 5.37. The van der Waals surface area contributed by atoms with Crippen LogP contribution < -0.4 is 10.1 Å². The van der Waals surface area contributed by atoms with Crippen molar-refractivity contribution in [1.29, 1.82) is 0 Å². The van der Waals surface area contributed by atoms with Crippen LogP contribution in [0.1, 0.15) is 41.5 Å². The number of nitrogens with zero attached hydrogens (tertiary/aromatic N) is 2. The highest BCUT2D eigenvalue weighted by Gasteiger charge is 2.19. The van der Waals surface area contributed by atoms with Crippen molar-refractivity contribution < 1.29 is 4.74 Å². The third-order valence-corrected chi connectivity index (χ3v) is 3.07. The summed E-state index contributed by atoms with van der Waals surface area (Å²) in [5.41, 5.74) is 0.289. The lowest BCUT2D eigenvalue weighted by Gasteiger charge is -2.27. The highest BCUT2D eigenvalue weighted by Crippen LogP contribution is 2.25. The largest absolute Gasteiger partial charge is 0.475 e. The summed E-state index contributed by atoms with van der Waals surface area (Å²) >= 11 is 0. The normalized spacial score (nSPS) is 13.5. The smallest absolute Gasteiger partial charge is 0.218 e. The summed E-state index contributed by atoms with van der Waals surface area (Å²) < 4.78 is 5.54. The molecule has 0 aromatic carbocycles. The minimum Gasteiger partial charge on any atom is -0.475 e. The van der Waals surface area contributed by atoms with E-state index in [4.69, 9.17) is 4.74 Å². The lowest BCUT2D eigenvalue weighted by atomic mass is 9.82. The fraction of sp³-hybridized carbons (Fsp3) is 0.714. The van der Waals surface area contributed by atoms with Gasteiger partial charge in [0.15, 0.2) is 0 Å². The Morgan fingerprint density at radius 3 is 2.44 bits per heavy atom. The van der Waals surface area contributed by atoms with Crippen LogP contribution in [0.4, 0.5) is 5.82 Å². The third kappa shape index (κ3) is 4.90. The van der Waals surface area contributed by atoms with Gasteiger partial charge in [0.2, 0.25) is 5.88 Å². The van der Waals surface area contributed by atoms with Crippen LogP contribution >= 0.6 is 0 Å². The van der Waals surface area contributed by atoms with Crippen LogP contribution in [-0.4, -0.2) is 22.6 Å². The number of anilines is 1. The lowest BCUT2D eigenvalue weighted by Crippen LogP contribution is -2.25. The monoisotopic (exact) mass is 251 g/mol. The van der Waals surface area contributed by atoms with E-state index in [1.165, 1.54) is 6.33 Å². The van der Waals surface area contributed by atoms with Gasteiger partial charge in [-0.15, -0.1) is 0 Å². The maximum Gasteiger partial charge on any atom is 0.218 e. The second kappa shape index (κ2) is 6.03. The Labute approximate surface area is 110 Å². The van der Waals surface area contributed by atoms with Gasteiger partial charge in [-0.05, 0) is 25.2 Å². The number of hydrogen-bond donors (Lipinski definition) is 1. The summed E-state index contributed by atoms with van der Waals surface area (Å²) in [5, 5.41) is 3.33. The Kier molecular flexibility index (Phi) is 4.93. The van der Waals surface area contributed by atoms with E-state index in [-0.39, 0.29) is 11.5 Å². The average Bonchev–Trinajstić information content (AvgIpc) is 2.24. The molecule has 1 heterocycles. The van der Waals surface area contributed by atoms with E-state index in [2.05, 4.69) is 43.0 Å². The number of rotatable bonds is 5. The number of nitrogens with one attached hydrogen (secondary N) is 1. The molecule has 0 aliphatic rings. The van der Waals surface area contributed by atoms with E-state index in [9.17, 15) is 0 Å². The van der Waals surface area contributed by atoms with Crippen molar-refractivity contribution >= 4 is 5.82 Å². The zero-order chi connectivity index (χ0) is 13.8. The van der Waals surface area contributed by atoms with Gasteiger partial charge in [-0.3, -0.25) is 0 Å². The Morgan fingerprint density at radius 1 is 1.22 bits per heavy atom. The van der Waals surface area contributed by atoms with Gasteiger partial charge in [-0.1, -0.05) is 27.7 Å². The molecule has 0 radical (unpaired) electrons. The first-order chi connectivity index (χ1) is 8.29. The first kappa shape index (κ1) is 14.7.